The van der Waals surface area contributed by atoms with Crippen molar-refractivity contribution in [1.82, 2.24) is 9.62 Å². The zero-order valence-electron chi connectivity index (χ0n) is 11.8. The second kappa shape index (κ2) is 6.87. The van der Waals surface area contributed by atoms with Gasteiger partial charge in [-0.05, 0) is 51.1 Å². The molecular formula is C13H24N2O4S. The standard InChI is InChI=1S/C13H24N2O4S/c16-13(17)2-1-9-20(18,19)15(12-3-4-12)10-11-5-7-14-8-6-11/h11-12,14H,1-10H2,(H,16,17). The Bertz CT molecular complexity index is 428. The van der Waals surface area contributed by atoms with Gasteiger partial charge in [-0.25, -0.2) is 8.42 Å². The molecule has 1 aliphatic heterocycles. The topological polar surface area (TPSA) is 86.7 Å². The normalized spacial score (nSPS) is 21.2. The Morgan fingerprint density at radius 3 is 2.40 bits per heavy atom. The number of nitrogens with zero attached hydrogens (tertiary/aromatic N) is 1. The van der Waals surface area contributed by atoms with E-state index in [9.17, 15) is 13.2 Å². The Kier molecular flexibility index (Phi) is 5.40. The number of sulfonamides is 1. The molecule has 0 atom stereocenters. The van der Waals surface area contributed by atoms with Crippen LogP contribution in [0.4, 0.5) is 0 Å². The molecular weight excluding hydrogens is 280 g/mol. The van der Waals surface area contributed by atoms with Gasteiger partial charge in [0.1, 0.15) is 0 Å². The van der Waals surface area contributed by atoms with Gasteiger partial charge in [0.15, 0.2) is 0 Å². The minimum Gasteiger partial charge on any atom is -0.481 e. The van der Waals surface area contributed by atoms with Crippen molar-refractivity contribution in [3.8, 4) is 0 Å². The maximum absolute atomic E-state index is 12.4. The summed E-state index contributed by atoms with van der Waals surface area (Å²) in [5.41, 5.74) is 0. The Balaban J connectivity index is 1.90. The number of carboxylic acid groups (broad SMARTS) is 1. The first-order valence-corrected chi connectivity index (χ1v) is 9.02. The van der Waals surface area contributed by atoms with Gasteiger partial charge < -0.3 is 10.4 Å². The van der Waals surface area contributed by atoms with Crippen LogP contribution in [0.2, 0.25) is 0 Å². The van der Waals surface area contributed by atoms with Crippen LogP contribution in [0.5, 0.6) is 0 Å². The average Bonchev–Trinajstić information content (AvgIpc) is 3.20. The number of hydrogen-bond donors (Lipinski definition) is 2. The maximum Gasteiger partial charge on any atom is 0.303 e. The van der Waals surface area contributed by atoms with Gasteiger partial charge in [-0.15, -0.1) is 0 Å². The van der Waals surface area contributed by atoms with Gasteiger partial charge in [0, 0.05) is 19.0 Å². The van der Waals surface area contributed by atoms with E-state index in [0.29, 0.717) is 12.5 Å². The Morgan fingerprint density at radius 1 is 1.20 bits per heavy atom. The third-order valence-corrected chi connectivity index (χ3v) is 5.97. The SMILES string of the molecule is O=C(O)CCCS(=O)(=O)N(CC1CCNCC1)C1CC1. The van der Waals surface area contributed by atoms with Crippen LogP contribution in [0.1, 0.15) is 38.5 Å². The van der Waals surface area contributed by atoms with Gasteiger partial charge in [0.05, 0.1) is 5.75 Å². The summed E-state index contributed by atoms with van der Waals surface area (Å²) in [7, 11) is -3.30. The second-order valence-corrected chi connectivity index (χ2v) is 7.85. The third kappa shape index (κ3) is 4.71. The lowest BCUT2D eigenvalue weighted by molar-refractivity contribution is -0.137. The molecule has 0 aromatic heterocycles. The van der Waals surface area contributed by atoms with E-state index in [1.54, 1.807) is 4.31 Å². The second-order valence-electron chi connectivity index (χ2n) is 5.81. The molecule has 1 heterocycles. The van der Waals surface area contributed by atoms with Gasteiger partial charge in [0.25, 0.3) is 0 Å². The Hall–Kier alpha value is -0.660. The lowest BCUT2D eigenvalue weighted by atomic mass is 9.98. The van der Waals surface area contributed by atoms with Crippen molar-refractivity contribution in [2.24, 2.45) is 5.92 Å². The monoisotopic (exact) mass is 304 g/mol. The number of aliphatic carboxylic acids is 1. The number of rotatable bonds is 8. The van der Waals surface area contributed by atoms with Crippen molar-refractivity contribution in [2.45, 2.75) is 44.6 Å². The van der Waals surface area contributed by atoms with Gasteiger partial charge in [-0.1, -0.05) is 0 Å². The summed E-state index contributed by atoms with van der Waals surface area (Å²) in [4.78, 5) is 10.5. The molecule has 0 aromatic carbocycles. The minimum absolute atomic E-state index is 0.0409. The number of carboxylic acids is 1. The van der Waals surface area contributed by atoms with E-state index < -0.39 is 16.0 Å². The highest BCUT2D eigenvalue weighted by Crippen LogP contribution is 2.31. The summed E-state index contributed by atoms with van der Waals surface area (Å²) in [5, 5.41) is 11.9. The smallest absolute Gasteiger partial charge is 0.303 e. The molecule has 2 N–H and O–H groups in total. The summed E-state index contributed by atoms with van der Waals surface area (Å²) >= 11 is 0. The van der Waals surface area contributed by atoms with Gasteiger partial charge in [-0.2, -0.15) is 4.31 Å². The number of hydrogen-bond acceptors (Lipinski definition) is 4. The van der Waals surface area contributed by atoms with Crippen molar-refractivity contribution in [3.05, 3.63) is 0 Å². The molecule has 1 aliphatic carbocycles. The average molecular weight is 304 g/mol. The molecule has 0 radical (unpaired) electrons. The van der Waals surface area contributed by atoms with E-state index in [-0.39, 0.29) is 24.6 Å². The molecule has 0 amide bonds. The molecule has 6 nitrogen and oxygen atoms in total. The Morgan fingerprint density at radius 2 is 1.85 bits per heavy atom. The fourth-order valence-electron chi connectivity index (χ4n) is 2.69. The maximum atomic E-state index is 12.4. The lowest BCUT2D eigenvalue weighted by Crippen LogP contribution is -2.41. The van der Waals surface area contributed by atoms with Crippen LogP contribution in [0, 0.1) is 5.92 Å². The van der Waals surface area contributed by atoms with E-state index in [1.165, 1.54) is 0 Å². The van der Waals surface area contributed by atoms with Crippen LogP contribution in [-0.4, -0.2) is 55.2 Å². The summed E-state index contributed by atoms with van der Waals surface area (Å²) in [6.07, 6.45) is 4.06. The first-order valence-electron chi connectivity index (χ1n) is 7.41. The summed E-state index contributed by atoms with van der Waals surface area (Å²) in [5.74, 6) is -0.538. The van der Waals surface area contributed by atoms with Crippen molar-refractivity contribution < 1.29 is 18.3 Å². The summed E-state index contributed by atoms with van der Waals surface area (Å²) < 4.78 is 26.4. The van der Waals surface area contributed by atoms with E-state index in [1.807, 2.05) is 0 Å². The molecule has 2 aliphatic rings. The molecule has 1 saturated carbocycles. The molecule has 0 spiro atoms. The summed E-state index contributed by atoms with van der Waals surface area (Å²) in [6, 6.07) is 0.166. The van der Waals surface area contributed by atoms with E-state index in [0.717, 1.165) is 38.8 Å². The van der Waals surface area contributed by atoms with Crippen LogP contribution in [-0.2, 0) is 14.8 Å². The fourth-order valence-corrected chi connectivity index (χ4v) is 4.54. The van der Waals surface area contributed by atoms with E-state index in [2.05, 4.69) is 5.32 Å². The molecule has 0 aromatic rings. The van der Waals surface area contributed by atoms with Crippen LogP contribution in [0.25, 0.3) is 0 Å². The van der Waals surface area contributed by atoms with E-state index >= 15 is 0 Å². The van der Waals surface area contributed by atoms with Crippen molar-refractivity contribution >= 4 is 16.0 Å². The number of piperidine rings is 1. The predicted molar refractivity (Wildman–Crippen MR) is 76.0 cm³/mol. The molecule has 20 heavy (non-hydrogen) atoms. The number of carbonyl (C=O) groups is 1. The van der Waals surface area contributed by atoms with E-state index in [4.69, 9.17) is 5.11 Å². The molecule has 2 rings (SSSR count). The van der Waals surface area contributed by atoms with Gasteiger partial charge in [-0.3, -0.25) is 4.79 Å². The van der Waals surface area contributed by atoms with Crippen molar-refractivity contribution in [1.29, 1.82) is 0 Å². The first-order chi connectivity index (χ1) is 9.49. The highest BCUT2D eigenvalue weighted by molar-refractivity contribution is 7.89. The van der Waals surface area contributed by atoms with Crippen LogP contribution in [0.15, 0.2) is 0 Å². The number of nitrogens with one attached hydrogen (secondary N) is 1. The molecule has 0 bridgehead atoms. The predicted octanol–water partition coefficient (Wildman–Crippen LogP) is 0.645. The Labute approximate surface area is 120 Å². The van der Waals surface area contributed by atoms with Gasteiger partial charge >= 0.3 is 5.97 Å². The van der Waals surface area contributed by atoms with Crippen LogP contribution in [0.3, 0.4) is 0 Å². The highest BCUT2D eigenvalue weighted by Gasteiger charge is 2.38. The quantitative estimate of drug-likeness (QED) is 0.687. The summed E-state index contributed by atoms with van der Waals surface area (Å²) in [6.45, 7) is 2.53. The molecule has 2 fully saturated rings. The lowest BCUT2D eigenvalue weighted by Gasteiger charge is -2.29. The first kappa shape index (κ1) is 15.7. The van der Waals surface area contributed by atoms with Crippen LogP contribution >= 0.6 is 0 Å². The molecule has 116 valence electrons. The van der Waals surface area contributed by atoms with Crippen molar-refractivity contribution in [3.63, 3.8) is 0 Å². The van der Waals surface area contributed by atoms with Crippen molar-refractivity contribution in [2.75, 3.05) is 25.4 Å². The highest BCUT2D eigenvalue weighted by atomic mass is 32.2. The zero-order valence-corrected chi connectivity index (χ0v) is 12.6. The third-order valence-electron chi connectivity index (χ3n) is 4.00. The minimum atomic E-state index is -3.30. The molecule has 1 saturated heterocycles. The fraction of sp³-hybridized carbons (Fsp3) is 0.923. The van der Waals surface area contributed by atoms with Crippen LogP contribution < -0.4 is 5.32 Å². The molecule has 7 heteroatoms. The van der Waals surface area contributed by atoms with Gasteiger partial charge in [0.2, 0.25) is 10.0 Å². The molecule has 0 unspecified atom stereocenters. The largest absolute Gasteiger partial charge is 0.481 e. The zero-order chi connectivity index (χ0) is 14.6.